The first-order chi connectivity index (χ1) is 20.9. The summed E-state index contributed by atoms with van der Waals surface area (Å²) in [5.41, 5.74) is 1.41. The number of fused-ring (bicyclic) bond motifs is 2. The predicted octanol–water partition coefficient (Wildman–Crippen LogP) is 2.63. The molecule has 3 aliphatic rings. The number of anilines is 1. The fourth-order valence-electron chi connectivity index (χ4n) is 7.06. The Morgan fingerprint density at radius 3 is 2.47 bits per heavy atom. The van der Waals surface area contributed by atoms with Crippen molar-refractivity contribution in [2.24, 2.45) is 11.8 Å². The van der Waals surface area contributed by atoms with Crippen molar-refractivity contribution >= 4 is 50.4 Å². The topological polar surface area (TPSA) is 139 Å². The smallest absolute Gasteiger partial charge is 0.247 e. The van der Waals surface area contributed by atoms with Crippen molar-refractivity contribution in [1.29, 1.82) is 0 Å². The van der Waals surface area contributed by atoms with Gasteiger partial charge in [0.2, 0.25) is 17.7 Å². The van der Waals surface area contributed by atoms with Crippen LogP contribution in [0.5, 0.6) is 0 Å². The standard InChI is InChI=1S/C31H29BrN6O5/c32-20-15-31-25(24(26(20)43-31)28(40)34-19-11-5-2-6-12-19)30(42)38(23(16-39)18-9-3-1-4-10-18)27(31)29(41)33-17-37-22-14-8-7-13-21(22)35-36-37/h1-14,20,23-27,39H,15-17H2,(H,33,41)(H,34,40)/t20?,23-,24+,25+,26+,27?,31?/m1/s1. The fourth-order valence-corrected chi connectivity index (χ4v) is 8.01. The number of carbonyl (C=O) groups is 3. The average molecular weight is 646 g/mol. The Bertz CT molecular complexity index is 1690. The van der Waals surface area contributed by atoms with E-state index >= 15 is 0 Å². The largest absolute Gasteiger partial charge is 0.394 e. The first kappa shape index (κ1) is 27.7. The molecule has 4 aromatic rings. The van der Waals surface area contributed by atoms with Gasteiger partial charge >= 0.3 is 0 Å². The second-order valence-corrected chi connectivity index (χ2v) is 12.3. The zero-order valence-electron chi connectivity index (χ0n) is 22.9. The molecule has 3 N–H and O–H groups in total. The molecule has 2 bridgehead atoms. The Morgan fingerprint density at radius 2 is 1.72 bits per heavy atom. The van der Waals surface area contributed by atoms with Crippen LogP contribution in [0.2, 0.25) is 0 Å². The molecule has 7 rings (SSSR count). The number of nitrogens with one attached hydrogen (secondary N) is 2. The van der Waals surface area contributed by atoms with Gasteiger partial charge in [0.1, 0.15) is 23.8 Å². The molecule has 3 amide bonds. The summed E-state index contributed by atoms with van der Waals surface area (Å²) in [4.78, 5) is 43.7. The maximum Gasteiger partial charge on any atom is 0.247 e. The number of amides is 3. The molecule has 3 fully saturated rings. The summed E-state index contributed by atoms with van der Waals surface area (Å²) in [5, 5.41) is 24.8. The quantitative estimate of drug-likeness (QED) is 0.251. The Labute approximate surface area is 255 Å². The van der Waals surface area contributed by atoms with E-state index in [0.717, 1.165) is 5.52 Å². The summed E-state index contributed by atoms with van der Waals surface area (Å²) < 4.78 is 8.16. The van der Waals surface area contributed by atoms with Gasteiger partial charge in [-0.15, -0.1) is 5.10 Å². The summed E-state index contributed by atoms with van der Waals surface area (Å²) in [6.45, 7) is -0.412. The number of aromatic nitrogens is 3. The van der Waals surface area contributed by atoms with E-state index in [-0.39, 0.29) is 17.4 Å². The molecule has 3 aliphatic heterocycles. The Balaban J connectivity index is 1.26. The van der Waals surface area contributed by atoms with Crippen molar-refractivity contribution in [2.75, 3.05) is 11.9 Å². The number of hydrogen-bond donors (Lipinski definition) is 3. The van der Waals surface area contributed by atoms with Gasteiger partial charge in [-0.3, -0.25) is 14.4 Å². The van der Waals surface area contributed by atoms with E-state index in [1.807, 2.05) is 72.8 Å². The van der Waals surface area contributed by atoms with Crippen molar-refractivity contribution in [3.8, 4) is 0 Å². The summed E-state index contributed by atoms with van der Waals surface area (Å²) in [6, 6.07) is 23.6. The highest BCUT2D eigenvalue weighted by Gasteiger charge is 2.77. The molecule has 3 unspecified atom stereocenters. The molecular weight excluding hydrogens is 616 g/mol. The van der Waals surface area contributed by atoms with Gasteiger partial charge < -0.3 is 25.4 Å². The van der Waals surface area contributed by atoms with Gasteiger partial charge in [0.25, 0.3) is 0 Å². The summed E-state index contributed by atoms with van der Waals surface area (Å²) in [5.74, 6) is -2.98. The van der Waals surface area contributed by atoms with Crippen LogP contribution in [-0.2, 0) is 25.8 Å². The minimum absolute atomic E-state index is 0.00679. The molecule has 0 radical (unpaired) electrons. The van der Waals surface area contributed by atoms with E-state index in [1.165, 1.54) is 4.90 Å². The monoisotopic (exact) mass is 644 g/mol. The van der Waals surface area contributed by atoms with Crippen molar-refractivity contribution in [2.45, 2.75) is 41.7 Å². The number of ether oxygens (including phenoxy) is 1. The SMILES string of the molecule is O=C(NCn1nnc2ccccc21)C1N([C@H](CO)c2ccccc2)C(=O)[C@@H]2[C@H](C(=O)Nc3ccccc3)[C@H]3OC12CC3Br. The van der Waals surface area contributed by atoms with Crippen LogP contribution >= 0.6 is 15.9 Å². The van der Waals surface area contributed by atoms with Gasteiger partial charge in [0.15, 0.2) is 0 Å². The summed E-state index contributed by atoms with van der Waals surface area (Å²) >= 11 is 3.70. The number of para-hydroxylation sites is 2. The van der Waals surface area contributed by atoms with Crippen LogP contribution in [0, 0.1) is 11.8 Å². The molecule has 1 spiro atoms. The molecule has 220 valence electrons. The second-order valence-electron chi connectivity index (χ2n) is 11.2. The maximum absolute atomic E-state index is 14.5. The summed E-state index contributed by atoms with van der Waals surface area (Å²) in [7, 11) is 0. The fraction of sp³-hybridized carbons (Fsp3) is 0.323. The van der Waals surface area contributed by atoms with Crippen molar-refractivity contribution in [3.63, 3.8) is 0 Å². The van der Waals surface area contributed by atoms with Gasteiger partial charge in [-0.2, -0.15) is 0 Å². The van der Waals surface area contributed by atoms with Crippen LogP contribution in [-0.4, -0.2) is 71.9 Å². The number of alkyl halides is 1. The van der Waals surface area contributed by atoms with Crippen molar-refractivity contribution in [3.05, 3.63) is 90.5 Å². The number of halogens is 1. The highest BCUT2D eigenvalue weighted by atomic mass is 79.9. The Morgan fingerprint density at radius 1 is 1.02 bits per heavy atom. The van der Waals surface area contributed by atoms with E-state index in [2.05, 4.69) is 36.9 Å². The van der Waals surface area contributed by atoms with Crippen LogP contribution in [0.3, 0.4) is 0 Å². The molecule has 0 saturated carbocycles. The maximum atomic E-state index is 14.5. The summed E-state index contributed by atoms with van der Waals surface area (Å²) in [6.07, 6.45) is -0.268. The second kappa shape index (κ2) is 10.9. The number of aliphatic hydroxyl groups excluding tert-OH is 1. The van der Waals surface area contributed by atoms with Crippen LogP contribution in [0.4, 0.5) is 5.69 Å². The van der Waals surface area contributed by atoms with Crippen molar-refractivity contribution in [1.82, 2.24) is 25.2 Å². The Hall–Kier alpha value is -4.13. The minimum Gasteiger partial charge on any atom is -0.394 e. The van der Waals surface area contributed by atoms with E-state index in [4.69, 9.17) is 4.74 Å². The number of aliphatic hydroxyl groups is 1. The average Bonchev–Trinajstić information content (AvgIpc) is 3.75. The van der Waals surface area contributed by atoms with Crippen LogP contribution in [0.25, 0.3) is 11.0 Å². The molecule has 7 atom stereocenters. The van der Waals surface area contributed by atoms with Crippen LogP contribution < -0.4 is 10.6 Å². The molecule has 1 aromatic heterocycles. The number of carbonyl (C=O) groups excluding carboxylic acids is 3. The number of benzene rings is 3. The highest BCUT2D eigenvalue weighted by molar-refractivity contribution is 9.09. The first-order valence-corrected chi connectivity index (χ1v) is 15.1. The van der Waals surface area contributed by atoms with Gasteiger partial charge in [-0.05, 0) is 36.2 Å². The molecule has 0 aliphatic carbocycles. The third-order valence-corrected chi connectivity index (χ3v) is 9.68. The lowest BCUT2D eigenvalue weighted by Gasteiger charge is -2.37. The first-order valence-electron chi connectivity index (χ1n) is 14.1. The lowest BCUT2D eigenvalue weighted by atomic mass is 9.70. The zero-order chi connectivity index (χ0) is 29.7. The van der Waals surface area contributed by atoms with Crippen LogP contribution in [0.15, 0.2) is 84.9 Å². The lowest BCUT2D eigenvalue weighted by Crippen LogP contribution is -2.56. The Kier molecular flexibility index (Phi) is 6.99. The zero-order valence-corrected chi connectivity index (χ0v) is 24.5. The number of rotatable bonds is 8. The van der Waals surface area contributed by atoms with Gasteiger partial charge in [0, 0.05) is 10.5 Å². The third-order valence-electron chi connectivity index (χ3n) is 8.84. The van der Waals surface area contributed by atoms with E-state index in [1.54, 1.807) is 16.8 Å². The minimum atomic E-state index is -1.29. The van der Waals surface area contributed by atoms with Gasteiger partial charge in [0.05, 0.1) is 36.1 Å². The lowest BCUT2D eigenvalue weighted by molar-refractivity contribution is -0.145. The van der Waals surface area contributed by atoms with E-state index in [9.17, 15) is 19.5 Å². The molecule has 3 aromatic carbocycles. The molecule has 3 saturated heterocycles. The van der Waals surface area contributed by atoms with Gasteiger partial charge in [-0.25, -0.2) is 4.68 Å². The number of likely N-dealkylation sites (tertiary alicyclic amines) is 1. The molecule has 43 heavy (non-hydrogen) atoms. The number of hydrogen-bond acceptors (Lipinski definition) is 7. The molecule has 4 heterocycles. The van der Waals surface area contributed by atoms with Crippen molar-refractivity contribution < 1.29 is 24.2 Å². The van der Waals surface area contributed by atoms with Gasteiger partial charge in [-0.1, -0.05) is 81.8 Å². The molecule has 12 heteroatoms. The molecule has 11 nitrogen and oxygen atoms in total. The van der Waals surface area contributed by atoms with E-state index < -0.39 is 54.0 Å². The molecular formula is C31H29BrN6O5. The van der Waals surface area contributed by atoms with E-state index in [0.29, 0.717) is 23.2 Å². The predicted molar refractivity (Wildman–Crippen MR) is 160 cm³/mol. The number of nitrogens with zero attached hydrogens (tertiary/aromatic N) is 4. The third kappa shape index (κ3) is 4.43. The highest BCUT2D eigenvalue weighted by Crippen LogP contribution is 2.61. The normalized spacial score (nSPS) is 28.2. The van der Waals surface area contributed by atoms with Crippen LogP contribution in [0.1, 0.15) is 18.0 Å².